The average molecular weight is 443 g/mol. The number of hydrogen-bond acceptors (Lipinski definition) is 6. The summed E-state index contributed by atoms with van der Waals surface area (Å²) in [7, 11) is 0. The zero-order valence-electron chi connectivity index (χ0n) is 14.9. The van der Waals surface area contributed by atoms with Gasteiger partial charge < -0.3 is 9.88 Å². The molecule has 0 aliphatic rings. The van der Waals surface area contributed by atoms with Crippen LogP contribution in [0, 0.1) is 0 Å². The normalized spacial score (nSPS) is 11.5. The van der Waals surface area contributed by atoms with Gasteiger partial charge in [-0.15, -0.1) is 10.2 Å². The molecule has 0 fully saturated rings. The number of aromatic nitrogens is 5. The number of pyridine rings is 2. The molecule has 1 N–H and O–H groups in total. The largest absolute Gasteiger partial charge is 0.417 e. The van der Waals surface area contributed by atoms with E-state index in [1.807, 2.05) is 11.5 Å². The topological polar surface area (TPSA) is 85.6 Å². The van der Waals surface area contributed by atoms with Crippen LogP contribution in [0.3, 0.4) is 0 Å². The van der Waals surface area contributed by atoms with Gasteiger partial charge in [0.1, 0.15) is 0 Å². The lowest BCUT2D eigenvalue weighted by molar-refractivity contribution is -0.137. The summed E-state index contributed by atoms with van der Waals surface area (Å²) in [6, 6.07) is 4.32. The number of nitrogens with zero attached hydrogens (tertiary/aromatic N) is 5. The zero-order valence-corrected chi connectivity index (χ0v) is 16.5. The van der Waals surface area contributed by atoms with Crippen LogP contribution in [0.1, 0.15) is 12.5 Å². The van der Waals surface area contributed by atoms with Crippen LogP contribution in [0.5, 0.6) is 0 Å². The van der Waals surface area contributed by atoms with E-state index in [0.717, 1.165) is 17.3 Å². The SMILES string of the molecule is CCn1c(SCC(=O)Nc2ncc(C(F)(F)F)cc2Cl)nnc1-c1ccncc1. The van der Waals surface area contributed by atoms with Gasteiger partial charge in [0.2, 0.25) is 5.91 Å². The van der Waals surface area contributed by atoms with Gasteiger partial charge in [-0.25, -0.2) is 4.98 Å². The first-order chi connectivity index (χ1) is 13.8. The van der Waals surface area contributed by atoms with E-state index >= 15 is 0 Å². The summed E-state index contributed by atoms with van der Waals surface area (Å²) in [5.74, 6) is -0.0294. The summed E-state index contributed by atoms with van der Waals surface area (Å²) in [4.78, 5) is 19.7. The molecule has 0 unspecified atom stereocenters. The number of rotatable bonds is 6. The fourth-order valence-corrected chi connectivity index (χ4v) is 3.39. The second-order valence-corrected chi connectivity index (χ2v) is 7.03. The summed E-state index contributed by atoms with van der Waals surface area (Å²) >= 11 is 6.94. The van der Waals surface area contributed by atoms with Gasteiger partial charge in [-0.2, -0.15) is 13.2 Å². The third kappa shape index (κ3) is 5.04. The number of hydrogen-bond donors (Lipinski definition) is 1. The van der Waals surface area contributed by atoms with Crippen LogP contribution in [0.15, 0.2) is 41.9 Å². The number of halogens is 4. The monoisotopic (exact) mass is 442 g/mol. The quantitative estimate of drug-likeness (QED) is 0.577. The summed E-state index contributed by atoms with van der Waals surface area (Å²) in [6.45, 7) is 2.50. The summed E-state index contributed by atoms with van der Waals surface area (Å²) in [5.41, 5.74) is -0.152. The Labute approximate surface area is 172 Å². The van der Waals surface area contributed by atoms with Crippen molar-refractivity contribution in [2.45, 2.75) is 24.8 Å². The van der Waals surface area contributed by atoms with Gasteiger partial charge in [-0.1, -0.05) is 23.4 Å². The maximum atomic E-state index is 12.7. The van der Waals surface area contributed by atoms with Gasteiger partial charge in [-0.05, 0) is 25.1 Å². The van der Waals surface area contributed by atoms with Crippen molar-refractivity contribution in [2.24, 2.45) is 0 Å². The Hall–Kier alpha value is -2.66. The molecule has 0 spiro atoms. The van der Waals surface area contributed by atoms with Gasteiger partial charge >= 0.3 is 6.18 Å². The van der Waals surface area contributed by atoms with Crippen molar-refractivity contribution in [3.05, 3.63) is 47.4 Å². The highest BCUT2D eigenvalue weighted by atomic mass is 35.5. The van der Waals surface area contributed by atoms with E-state index in [-0.39, 0.29) is 16.6 Å². The number of amides is 1. The van der Waals surface area contributed by atoms with Gasteiger partial charge in [0.25, 0.3) is 0 Å². The maximum absolute atomic E-state index is 12.7. The molecule has 0 saturated heterocycles. The number of carbonyl (C=O) groups excluding carboxylic acids is 1. The van der Waals surface area contributed by atoms with Crippen LogP contribution < -0.4 is 5.32 Å². The highest BCUT2D eigenvalue weighted by molar-refractivity contribution is 7.99. The zero-order chi connectivity index (χ0) is 21.0. The van der Waals surface area contributed by atoms with Crippen molar-refractivity contribution in [3.8, 4) is 11.4 Å². The lowest BCUT2D eigenvalue weighted by Gasteiger charge is -2.10. The predicted octanol–water partition coefficient (Wildman–Crippen LogP) is 4.16. The second-order valence-electron chi connectivity index (χ2n) is 5.68. The van der Waals surface area contributed by atoms with Crippen LogP contribution >= 0.6 is 23.4 Å². The lowest BCUT2D eigenvalue weighted by Crippen LogP contribution is -2.16. The molecule has 0 aromatic carbocycles. The molecule has 0 aliphatic carbocycles. The first-order valence-corrected chi connectivity index (χ1v) is 9.65. The molecule has 0 bridgehead atoms. The van der Waals surface area contributed by atoms with Crippen molar-refractivity contribution < 1.29 is 18.0 Å². The minimum Gasteiger partial charge on any atom is -0.309 e. The Kier molecular flexibility index (Phi) is 6.38. The van der Waals surface area contributed by atoms with Crippen LogP contribution in [-0.2, 0) is 17.5 Å². The fraction of sp³-hybridized carbons (Fsp3) is 0.235. The molecule has 7 nitrogen and oxygen atoms in total. The Morgan fingerprint density at radius 1 is 1.28 bits per heavy atom. The van der Waals surface area contributed by atoms with Crippen molar-refractivity contribution in [2.75, 3.05) is 11.1 Å². The number of anilines is 1. The van der Waals surface area contributed by atoms with E-state index in [9.17, 15) is 18.0 Å². The molecule has 0 radical (unpaired) electrons. The smallest absolute Gasteiger partial charge is 0.309 e. The number of carbonyl (C=O) groups is 1. The van der Waals surface area contributed by atoms with Gasteiger partial charge in [0.15, 0.2) is 16.8 Å². The molecule has 3 rings (SSSR count). The Bertz CT molecular complexity index is 1010. The Morgan fingerprint density at radius 3 is 2.62 bits per heavy atom. The molecule has 3 aromatic heterocycles. The Balaban J connectivity index is 1.67. The molecule has 0 atom stereocenters. The molecule has 12 heteroatoms. The molecule has 3 aromatic rings. The van der Waals surface area contributed by atoms with Crippen molar-refractivity contribution >= 4 is 35.1 Å². The van der Waals surface area contributed by atoms with Gasteiger partial charge in [0, 0.05) is 30.7 Å². The highest BCUT2D eigenvalue weighted by Crippen LogP contribution is 2.32. The standard InChI is InChI=1S/C17H14ClF3N6OS/c1-2-27-15(10-3-5-22-6-4-10)25-26-16(27)29-9-13(28)24-14-12(18)7-11(8-23-14)17(19,20)21/h3-8H,2,9H2,1H3,(H,23,24,28). The first kappa shape index (κ1) is 21.1. The molecule has 0 saturated carbocycles. The molecule has 1 amide bonds. The number of nitrogens with one attached hydrogen (secondary N) is 1. The molecular weight excluding hydrogens is 429 g/mol. The van der Waals surface area contributed by atoms with Crippen molar-refractivity contribution in [3.63, 3.8) is 0 Å². The number of thioether (sulfide) groups is 1. The van der Waals surface area contributed by atoms with E-state index in [2.05, 4.69) is 25.5 Å². The van der Waals surface area contributed by atoms with Gasteiger partial charge in [0.05, 0.1) is 16.3 Å². The maximum Gasteiger partial charge on any atom is 0.417 e. The minimum absolute atomic E-state index is 0.0481. The Morgan fingerprint density at radius 2 is 2.00 bits per heavy atom. The summed E-state index contributed by atoms with van der Waals surface area (Å²) in [6.07, 6.45) is -0.661. The third-order valence-corrected chi connectivity index (χ3v) is 4.99. The number of alkyl halides is 3. The van der Waals surface area contributed by atoms with E-state index in [4.69, 9.17) is 11.6 Å². The van der Waals surface area contributed by atoms with Crippen LogP contribution in [0.2, 0.25) is 5.02 Å². The van der Waals surface area contributed by atoms with Gasteiger partial charge in [-0.3, -0.25) is 9.78 Å². The second kappa shape index (κ2) is 8.78. The van der Waals surface area contributed by atoms with E-state index in [1.165, 1.54) is 0 Å². The van der Waals surface area contributed by atoms with E-state index in [1.54, 1.807) is 24.5 Å². The molecule has 3 heterocycles. The fourth-order valence-electron chi connectivity index (χ4n) is 2.38. The highest BCUT2D eigenvalue weighted by Gasteiger charge is 2.31. The van der Waals surface area contributed by atoms with E-state index < -0.39 is 17.6 Å². The molecular formula is C17H14ClF3N6OS. The van der Waals surface area contributed by atoms with Crippen LogP contribution in [-0.4, -0.2) is 36.4 Å². The molecule has 152 valence electrons. The lowest BCUT2D eigenvalue weighted by atomic mass is 10.2. The third-order valence-electron chi connectivity index (χ3n) is 3.73. The summed E-state index contributed by atoms with van der Waals surface area (Å²) in [5, 5.41) is 10.9. The van der Waals surface area contributed by atoms with E-state index in [0.29, 0.717) is 29.8 Å². The van der Waals surface area contributed by atoms with Crippen molar-refractivity contribution in [1.82, 2.24) is 24.7 Å². The van der Waals surface area contributed by atoms with Crippen molar-refractivity contribution in [1.29, 1.82) is 0 Å². The summed E-state index contributed by atoms with van der Waals surface area (Å²) < 4.78 is 39.8. The average Bonchev–Trinajstić information content (AvgIpc) is 3.10. The minimum atomic E-state index is -4.56. The van der Waals surface area contributed by atoms with Crippen LogP contribution in [0.4, 0.5) is 19.0 Å². The van der Waals surface area contributed by atoms with Crippen LogP contribution in [0.25, 0.3) is 11.4 Å². The first-order valence-electron chi connectivity index (χ1n) is 8.28. The molecule has 0 aliphatic heterocycles. The molecule has 29 heavy (non-hydrogen) atoms. The predicted molar refractivity (Wildman–Crippen MR) is 103 cm³/mol.